The second-order valence-electron chi connectivity index (χ2n) is 5.33. The third-order valence-electron chi connectivity index (χ3n) is 3.08. The Morgan fingerprint density at radius 1 is 1.53 bits per heavy atom. The van der Waals surface area contributed by atoms with Crippen LogP contribution in [0.15, 0.2) is 11.6 Å². The van der Waals surface area contributed by atoms with Crippen molar-refractivity contribution in [2.45, 2.75) is 40.7 Å². The zero-order chi connectivity index (χ0) is 11.8. The number of ether oxygens (including phenoxy) is 1. The summed E-state index contributed by atoms with van der Waals surface area (Å²) in [5.74, 6) is -0.104. The highest BCUT2D eigenvalue weighted by molar-refractivity contribution is 5.72. The van der Waals surface area contributed by atoms with E-state index in [1.54, 1.807) is 0 Å². The van der Waals surface area contributed by atoms with Gasteiger partial charge in [-0.3, -0.25) is 4.79 Å². The Labute approximate surface area is 92.7 Å². The second kappa shape index (κ2) is 3.99. The number of hydrogen-bond donors (Lipinski definition) is 0. The summed E-state index contributed by atoms with van der Waals surface area (Å²) in [4.78, 5) is 11.5. The van der Waals surface area contributed by atoms with Crippen LogP contribution in [0.4, 0.5) is 0 Å². The van der Waals surface area contributed by atoms with E-state index in [-0.39, 0.29) is 29.3 Å². The summed E-state index contributed by atoms with van der Waals surface area (Å²) in [7, 11) is 0. The van der Waals surface area contributed by atoms with Crippen molar-refractivity contribution in [1.29, 1.82) is 0 Å². The standard InChI is InChI=1S/C13H21O2/c1-8(2)12(14)15-11-9(3)7-13(5,6)10(11)4/h7-8,10-11H,4H2,1-3,5-6H3/t10-,11-/m1/s1. The zero-order valence-electron chi connectivity index (χ0n) is 10.3. The first-order chi connectivity index (χ1) is 6.75. The van der Waals surface area contributed by atoms with Gasteiger partial charge in [-0.15, -0.1) is 0 Å². The van der Waals surface area contributed by atoms with Crippen molar-refractivity contribution in [3.63, 3.8) is 0 Å². The van der Waals surface area contributed by atoms with Gasteiger partial charge in [-0.2, -0.15) is 0 Å². The van der Waals surface area contributed by atoms with Crippen LogP contribution in [-0.4, -0.2) is 12.1 Å². The van der Waals surface area contributed by atoms with E-state index in [1.807, 2.05) is 20.8 Å². The van der Waals surface area contributed by atoms with E-state index in [0.717, 1.165) is 5.57 Å². The van der Waals surface area contributed by atoms with E-state index < -0.39 is 0 Å². The molecule has 0 N–H and O–H groups in total. The molecule has 15 heavy (non-hydrogen) atoms. The lowest BCUT2D eigenvalue weighted by Gasteiger charge is -2.27. The van der Waals surface area contributed by atoms with Gasteiger partial charge in [-0.1, -0.05) is 33.8 Å². The number of esters is 1. The molecular weight excluding hydrogens is 188 g/mol. The van der Waals surface area contributed by atoms with E-state index in [0.29, 0.717) is 0 Å². The summed E-state index contributed by atoms with van der Waals surface area (Å²) in [6.07, 6.45) is 2.01. The van der Waals surface area contributed by atoms with E-state index in [2.05, 4.69) is 26.8 Å². The normalized spacial score (nSPS) is 29.1. The summed E-state index contributed by atoms with van der Waals surface area (Å²) >= 11 is 0. The second-order valence-corrected chi connectivity index (χ2v) is 5.33. The topological polar surface area (TPSA) is 26.3 Å². The predicted octanol–water partition coefficient (Wildman–Crippen LogP) is 2.99. The van der Waals surface area contributed by atoms with E-state index in [1.165, 1.54) is 0 Å². The molecule has 0 unspecified atom stereocenters. The fourth-order valence-corrected chi connectivity index (χ4v) is 1.92. The fourth-order valence-electron chi connectivity index (χ4n) is 1.92. The number of carbonyl (C=O) groups excluding carboxylic acids is 1. The Morgan fingerprint density at radius 3 is 2.40 bits per heavy atom. The predicted molar refractivity (Wildman–Crippen MR) is 61.1 cm³/mol. The Hall–Kier alpha value is -0.790. The summed E-state index contributed by atoms with van der Waals surface area (Å²) in [6.45, 7) is 14.0. The van der Waals surface area contributed by atoms with Crippen molar-refractivity contribution in [1.82, 2.24) is 0 Å². The van der Waals surface area contributed by atoms with Crippen molar-refractivity contribution in [2.24, 2.45) is 17.3 Å². The van der Waals surface area contributed by atoms with Gasteiger partial charge in [0, 0.05) is 5.92 Å². The molecule has 0 aromatic carbocycles. The first-order valence-electron chi connectivity index (χ1n) is 5.48. The van der Waals surface area contributed by atoms with Gasteiger partial charge in [0.05, 0.1) is 5.92 Å². The summed E-state index contributed by atoms with van der Waals surface area (Å²) in [6, 6.07) is 0. The molecule has 85 valence electrons. The molecule has 2 nitrogen and oxygen atoms in total. The van der Waals surface area contributed by atoms with Crippen molar-refractivity contribution in [3.8, 4) is 0 Å². The fraction of sp³-hybridized carbons (Fsp3) is 0.692. The van der Waals surface area contributed by atoms with Crippen LogP contribution in [0.3, 0.4) is 0 Å². The van der Waals surface area contributed by atoms with Gasteiger partial charge in [-0.25, -0.2) is 0 Å². The first-order valence-corrected chi connectivity index (χ1v) is 5.48. The van der Waals surface area contributed by atoms with E-state index in [4.69, 9.17) is 4.74 Å². The monoisotopic (exact) mass is 209 g/mol. The van der Waals surface area contributed by atoms with E-state index >= 15 is 0 Å². The van der Waals surface area contributed by atoms with Crippen molar-refractivity contribution in [3.05, 3.63) is 18.6 Å². The average Bonchev–Trinajstić information content (AvgIpc) is 2.27. The van der Waals surface area contributed by atoms with Gasteiger partial charge in [0.2, 0.25) is 0 Å². The number of carbonyl (C=O) groups is 1. The molecule has 2 heteroatoms. The minimum absolute atomic E-state index is 0.0199. The molecule has 1 aliphatic rings. The van der Waals surface area contributed by atoms with Gasteiger partial charge < -0.3 is 4.74 Å². The molecule has 0 spiro atoms. The highest BCUT2D eigenvalue weighted by Crippen LogP contribution is 2.42. The number of hydrogen-bond acceptors (Lipinski definition) is 2. The smallest absolute Gasteiger partial charge is 0.308 e. The maximum absolute atomic E-state index is 11.5. The minimum atomic E-state index is -0.144. The summed E-state index contributed by atoms with van der Waals surface area (Å²) in [5, 5.41) is 0. The number of rotatable bonds is 2. The lowest BCUT2D eigenvalue weighted by molar-refractivity contribution is -0.153. The molecule has 0 saturated heterocycles. The molecule has 1 rings (SSSR count). The maximum atomic E-state index is 11.5. The third-order valence-corrected chi connectivity index (χ3v) is 3.08. The van der Waals surface area contributed by atoms with Crippen LogP contribution in [-0.2, 0) is 9.53 Å². The highest BCUT2D eigenvalue weighted by atomic mass is 16.5. The molecule has 0 aromatic heterocycles. The van der Waals surface area contributed by atoms with Crippen molar-refractivity contribution < 1.29 is 9.53 Å². The lowest BCUT2D eigenvalue weighted by Crippen LogP contribution is -2.30. The Morgan fingerprint density at radius 2 is 2.07 bits per heavy atom. The lowest BCUT2D eigenvalue weighted by atomic mass is 9.82. The van der Waals surface area contributed by atoms with Crippen LogP contribution in [0.5, 0.6) is 0 Å². The summed E-state index contributed by atoms with van der Waals surface area (Å²) in [5.41, 5.74) is 1.14. The molecule has 0 saturated carbocycles. The largest absolute Gasteiger partial charge is 0.457 e. The molecule has 2 atom stereocenters. The SMILES string of the molecule is [CH2][C@@H]1[C@H](OC(=O)C(C)C)C(C)=CC1(C)C. The molecule has 0 amide bonds. The Kier molecular flexibility index (Phi) is 3.27. The molecule has 0 heterocycles. The van der Waals surface area contributed by atoms with Gasteiger partial charge in [0.1, 0.15) is 6.10 Å². The van der Waals surface area contributed by atoms with Crippen molar-refractivity contribution >= 4 is 5.97 Å². The highest BCUT2D eigenvalue weighted by Gasteiger charge is 2.40. The van der Waals surface area contributed by atoms with Crippen molar-refractivity contribution in [2.75, 3.05) is 0 Å². The molecule has 0 bridgehead atoms. The Balaban J connectivity index is 2.74. The molecule has 0 aliphatic heterocycles. The quantitative estimate of drug-likeness (QED) is 0.516. The molecule has 0 aromatic rings. The van der Waals surface area contributed by atoms with Crippen LogP contribution in [0.1, 0.15) is 34.6 Å². The maximum Gasteiger partial charge on any atom is 0.308 e. The van der Waals surface area contributed by atoms with E-state index in [9.17, 15) is 4.79 Å². The van der Waals surface area contributed by atoms with Crippen LogP contribution in [0.25, 0.3) is 0 Å². The van der Waals surface area contributed by atoms with Gasteiger partial charge >= 0.3 is 5.97 Å². The van der Waals surface area contributed by atoms with Crippen LogP contribution in [0, 0.1) is 24.2 Å². The Bertz CT molecular complexity index is 287. The van der Waals surface area contributed by atoms with Gasteiger partial charge in [0.15, 0.2) is 0 Å². The average molecular weight is 209 g/mol. The minimum Gasteiger partial charge on any atom is -0.457 e. The van der Waals surface area contributed by atoms with Crippen LogP contribution < -0.4 is 0 Å². The molecular formula is C13H21O2. The van der Waals surface area contributed by atoms with Gasteiger partial charge in [0.25, 0.3) is 0 Å². The summed E-state index contributed by atoms with van der Waals surface area (Å²) < 4.78 is 5.46. The third kappa shape index (κ3) is 2.42. The number of allylic oxidation sites excluding steroid dienone is 1. The van der Waals surface area contributed by atoms with Crippen LogP contribution >= 0.6 is 0 Å². The first kappa shape index (κ1) is 12.3. The molecule has 1 radical (unpaired) electrons. The van der Waals surface area contributed by atoms with Crippen LogP contribution in [0.2, 0.25) is 0 Å². The zero-order valence-corrected chi connectivity index (χ0v) is 10.3. The molecule has 1 aliphatic carbocycles. The van der Waals surface area contributed by atoms with Gasteiger partial charge in [-0.05, 0) is 24.8 Å². The molecule has 0 fully saturated rings.